The number of nitrogens with zero attached hydrogens (tertiary/aromatic N) is 5. The van der Waals surface area contributed by atoms with Crippen molar-refractivity contribution in [1.82, 2.24) is 20.2 Å². The number of carbonyl (C=O) groups is 1. The second-order valence-electron chi connectivity index (χ2n) is 3.57. The van der Waals surface area contributed by atoms with E-state index in [4.69, 9.17) is 5.26 Å². The van der Waals surface area contributed by atoms with Crippen molar-refractivity contribution in [2.75, 3.05) is 5.32 Å². The molecule has 2 rings (SSSR count). The maximum Gasteiger partial charge on any atom is 0.238 e. The van der Waals surface area contributed by atoms with Gasteiger partial charge in [0.1, 0.15) is 6.42 Å². The number of nitrogens with one attached hydrogen (secondary N) is 1. The number of hydrogen-bond donors (Lipinski definition) is 1. The Balaban J connectivity index is 2.24. The topological polar surface area (TPSA) is 96.5 Å². The fourth-order valence-electron chi connectivity index (χ4n) is 1.46. The largest absolute Gasteiger partial charge is 0.325 e. The molecule has 1 N–H and O–H groups in total. The highest BCUT2D eigenvalue weighted by Gasteiger charge is 2.06. The lowest BCUT2D eigenvalue weighted by atomic mass is 10.2. The molecule has 0 fully saturated rings. The van der Waals surface area contributed by atoms with Gasteiger partial charge in [-0.3, -0.25) is 4.79 Å². The van der Waals surface area contributed by atoms with Crippen LogP contribution in [0.3, 0.4) is 0 Å². The van der Waals surface area contributed by atoms with Crippen molar-refractivity contribution in [1.29, 1.82) is 5.26 Å². The normalized spacial score (nSPS) is 9.78. The van der Waals surface area contributed by atoms with Crippen LogP contribution in [-0.4, -0.2) is 26.1 Å². The number of benzene rings is 1. The minimum Gasteiger partial charge on any atom is -0.325 e. The molecule has 0 saturated carbocycles. The summed E-state index contributed by atoms with van der Waals surface area (Å²) < 4.78 is 1.56. The third-order valence-electron chi connectivity index (χ3n) is 2.24. The minimum absolute atomic E-state index is 0.172. The fraction of sp³-hybridized carbons (Fsp3) is 0.182. The first kappa shape index (κ1) is 11.7. The van der Waals surface area contributed by atoms with E-state index < -0.39 is 0 Å². The van der Waals surface area contributed by atoms with Crippen molar-refractivity contribution in [3.05, 3.63) is 30.1 Å². The zero-order valence-electron chi connectivity index (χ0n) is 9.66. The van der Waals surface area contributed by atoms with E-state index in [1.54, 1.807) is 35.9 Å². The molecule has 0 unspecified atom stereocenters. The van der Waals surface area contributed by atoms with Gasteiger partial charge in [0.05, 0.1) is 11.8 Å². The first-order valence-corrected chi connectivity index (χ1v) is 5.23. The van der Waals surface area contributed by atoms with Gasteiger partial charge < -0.3 is 5.32 Å². The van der Waals surface area contributed by atoms with Gasteiger partial charge in [0.25, 0.3) is 0 Å². The third-order valence-corrected chi connectivity index (χ3v) is 2.24. The van der Waals surface area contributed by atoms with Crippen molar-refractivity contribution in [2.24, 2.45) is 0 Å². The predicted octanol–water partition coefficient (Wildman–Crippen LogP) is 0.823. The summed E-state index contributed by atoms with van der Waals surface area (Å²) in [5.41, 5.74) is 1.34. The van der Waals surface area contributed by atoms with Crippen molar-refractivity contribution >= 4 is 11.6 Å². The van der Waals surface area contributed by atoms with Crippen LogP contribution in [0.4, 0.5) is 5.69 Å². The summed E-state index contributed by atoms with van der Waals surface area (Å²) in [7, 11) is 0. The van der Waals surface area contributed by atoms with Crippen LogP contribution in [0.2, 0.25) is 0 Å². The molecule has 18 heavy (non-hydrogen) atoms. The lowest BCUT2D eigenvalue weighted by molar-refractivity contribution is -0.115. The standard InChI is InChI=1S/C11H10N6O/c1-8-14-15-16-17(8)10-4-2-3-9(7-10)13-11(18)5-6-12/h2-4,7H,5H2,1H3,(H,13,18). The predicted molar refractivity (Wildman–Crippen MR) is 62.8 cm³/mol. The van der Waals surface area contributed by atoms with Gasteiger partial charge in [0, 0.05) is 5.69 Å². The van der Waals surface area contributed by atoms with Crippen LogP contribution in [0.5, 0.6) is 0 Å². The number of hydrogen-bond acceptors (Lipinski definition) is 5. The Bertz CT molecular complexity index is 612. The van der Waals surface area contributed by atoms with E-state index in [0.717, 1.165) is 5.69 Å². The third kappa shape index (κ3) is 2.49. The summed E-state index contributed by atoms with van der Waals surface area (Å²) in [4.78, 5) is 11.3. The van der Waals surface area contributed by atoms with E-state index in [2.05, 4.69) is 20.8 Å². The second-order valence-corrected chi connectivity index (χ2v) is 3.57. The molecule has 1 heterocycles. The Labute approximate surface area is 103 Å². The van der Waals surface area contributed by atoms with Crippen LogP contribution in [0.25, 0.3) is 5.69 Å². The van der Waals surface area contributed by atoms with Gasteiger partial charge in [-0.25, -0.2) is 0 Å². The molecule has 0 aliphatic rings. The zero-order chi connectivity index (χ0) is 13.0. The maximum absolute atomic E-state index is 11.3. The van der Waals surface area contributed by atoms with Gasteiger partial charge >= 0.3 is 0 Å². The zero-order valence-corrected chi connectivity index (χ0v) is 9.66. The number of aryl methyl sites for hydroxylation is 1. The molecule has 0 atom stereocenters. The van der Waals surface area contributed by atoms with Gasteiger partial charge in [-0.1, -0.05) is 6.07 Å². The summed E-state index contributed by atoms with van der Waals surface area (Å²) in [6.07, 6.45) is -0.172. The smallest absolute Gasteiger partial charge is 0.238 e. The molecule has 0 radical (unpaired) electrons. The lowest BCUT2D eigenvalue weighted by Gasteiger charge is -2.06. The summed E-state index contributed by atoms with van der Waals surface area (Å²) >= 11 is 0. The van der Waals surface area contributed by atoms with Gasteiger partial charge in [-0.15, -0.1) is 5.10 Å². The average molecular weight is 242 g/mol. The molecule has 1 aromatic heterocycles. The van der Waals surface area contributed by atoms with Crippen molar-refractivity contribution < 1.29 is 4.79 Å². The van der Waals surface area contributed by atoms with Gasteiger partial charge in [-0.05, 0) is 35.5 Å². The molecule has 0 saturated heterocycles. The van der Waals surface area contributed by atoms with Gasteiger partial charge in [0.2, 0.25) is 5.91 Å². The fourth-order valence-corrected chi connectivity index (χ4v) is 1.46. The monoisotopic (exact) mass is 242 g/mol. The molecule has 7 nitrogen and oxygen atoms in total. The quantitative estimate of drug-likeness (QED) is 0.859. The van der Waals surface area contributed by atoms with Crippen LogP contribution < -0.4 is 5.32 Å². The van der Waals surface area contributed by atoms with Crippen LogP contribution in [0.15, 0.2) is 24.3 Å². The number of tetrazole rings is 1. The van der Waals surface area contributed by atoms with E-state index in [-0.39, 0.29) is 12.3 Å². The lowest BCUT2D eigenvalue weighted by Crippen LogP contribution is -2.10. The van der Waals surface area contributed by atoms with E-state index in [1.165, 1.54) is 0 Å². The molecule has 1 amide bonds. The summed E-state index contributed by atoms with van der Waals surface area (Å²) in [6, 6.07) is 8.86. The summed E-state index contributed by atoms with van der Waals surface area (Å²) in [5.74, 6) is 0.304. The Morgan fingerprint density at radius 1 is 1.56 bits per heavy atom. The highest BCUT2D eigenvalue weighted by Crippen LogP contribution is 2.14. The Morgan fingerprint density at radius 3 is 3.06 bits per heavy atom. The molecule has 2 aromatic rings. The average Bonchev–Trinajstić information content (AvgIpc) is 2.76. The number of amides is 1. The summed E-state index contributed by atoms with van der Waals surface area (Å²) in [5, 5.41) is 22.2. The van der Waals surface area contributed by atoms with E-state index >= 15 is 0 Å². The number of aromatic nitrogens is 4. The first-order valence-electron chi connectivity index (χ1n) is 5.23. The molecular formula is C11H10N6O. The van der Waals surface area contributed by atoms with Crippen molar-refractivity contribution in [3.8, 4) is 11.8 Å². The molecule has 7 heteroatoms. The van der Waals surface area contributed by atoms with Gasteiger partial charge in [-0.2, -0.15) is 9.94 Å². The molecule has 0 bridgehead atoms. The van der Waals surface area contributed by atoms with E-state index in [0.29, 0.717) is 11.5 Å². The van der Waals surface area contributed by atoms with Gasteiger partial charge in [0.15, 0.2) is 5.82 Å². The molecule has 1 aromatic carbocycles. The second kappa shape index (κ2) is 5.05. The van der Waals surface area contributed by atoms with E-state index in [9.17, 15) is 4.79 Å². The molecule has 0 spiro atoms. The molecule has 0 aliphatic heterocycles. The number of carbonyl (C=O) groups excluding carboxylic acids is 1. The Morgan fingerprint density at radius 2 is 2.39 bits per heavy atom. The van der Waals surface area contributed by atoms with Crippen molar-refractivity contribution in [2.45, 2.75) is 13.3 Å². The van der Waals surface area contributed by atoms with E-state index in [1.807, 2.05) is 6.07 Å². The maximum atomic E-state index is 11.3. The van der Waals surface area contributed by atoms with Crippen LogP contribution in [-0.2, 0) is 4.79 Å². The number of anilines is 1. The number of rotatable bonds is 3. The molecular weight excluding hydrogens is 232 g/mol. The first-order chi connectivity index (χ1) is 8.70. The van der Waals surface area contributed by atoms with Crippen LogP contribution in [0.1, 0.15) is 12.2 Å². The van der Waals surface area contributed by atoms with Crippen LogP contribution >= 0.6 is 0 Å². The molecule has 0 aliphatic carbocycles. The molecule has 90 valence electrons. The summed E-state index contributed by atoms with van der Waals surface area (Å²) in [6.45, 7) is 1.78. The van der Waals surface area contributed by atoms with Crippen molar-refractivity contribution in [3.63, 3.8) is 0 Å². The SMILES string of the molecule is Cc1nnnn1-c1cccc(NC(=O)CC#N)c1. The number of nitriles is 1. The Kier molecular flexibility index (Phi) is 3.29. The highest BCUT2D eigenvalue weighted by atomic mass is 16.1. The Hall–Kier alpha value is -2.75. The van der Waals surface area contributed by atoms with Crippen LogP contribution in [0, 0.1) is 18.3 Å². The minimum atomic E-state index is -0.344. The highest BCUT2D eigenvalue weighted by molar-refractivity contribution is 5.92.